The van der Waals surface area contributed by atoms with Gasteiger partial charge in [0, 0.05) is 5.92 Å². The maximum Gasteiger partial charge on any atom is 0.143 e. The summed E-state index contributed by atoms with van der Waals surface area (Å²) in [5.41, 5.74) is -1.40. The van der Waals surface area contributed by atoms with Crippen molar-refractivity contribution in [2.24, 2.45) is 5.92 Å². The molecule has 2 heterocycles. The van der Waals surface area contributed by atoms with Crippen LogP contribution < -0.4 is 0 Å². The third-order valence-electron chi connectivity index (χ3n) is 4.64. The van der Waals surface area contributed by atoms with Gasteiger partial charge in [-0.25, -0.2) is 0 Å². The van der Waals surface area contributed by atoms with Gasteiger partial charge in [0.2, 0.25) is 0 Å². The van der Waals surface area contributed by atoms with Gasteiger partial charge >= 0.3 is 0 Å². The van der Waals surface area contributed by atoms with E-state index in [1.807, 2.05) is 0 Å². The van der Waals surface area contributed by atoms with Gasteiger partial charge in [-0.2, -0.15) is 0 Å². The van der Waals surface area contributed by atoms with Gasteiger partial charge in [0.05, 0.1) is 59.0 Å². The van der Waals surface area contributed by atoms with Crippen LogP contribution in [0.25, 0.3) is 0 Å². The minimum atomic E-state index is -1.40. The number of rotatable bonds is 10. The van der Waals surface area contributed by atoms with Gasteiger partial charge in [-0.1, -0.05) is 0 Å². The van der Waals surface area contributed by atoms with Gasteiger partial charge < -0.3 is 49.6 Å². The molecule has 0 aliphatic carbocycles. The molecule has 2 aliphatic rings. The van der Waals surface area contributed by atoms with E-state index in [0.717, 1.165) is 0 Å². The Kier molecular flexibility index (Phi) is 7.95. The lowest BCUT2D eigenvalue weighted by molar-refractivity contribution is -0.167. The number of hydrogen-bond acceptors (Lipinski definition) is 10. The lowest BCUT2D eigenvalue weighted by Gasteiger charge is -2.32. The second kappa shape index (κ2) is 9.51. The van der Waals surface area contributed by atoms with Crippen LogP contribution in [0, 0.1) is 5.92 Å². The largest absolute Gasteiger partial charge is 0.394 e. The van der Waals surface area contributed by atoms with E-state index in [-0.39, 0.29) is 52.2 Å². The van der Waals surface area contributed by atoms with E-state index in [4.69, 9.17) is 29.2 Å². The van der Waals surface area contributed by atoms with Crippen LogP contribution in [0.4, 0.5) is 0 Å². The van der Waals surface area contributed by atoms with Crippen molar-refractivity contribution in [1.29, 1.82) is 0 Å². The molecule has 6 N–H and O–H groups in total. The molecule has 0 bridgehead atoms. The van der Waals surface area contributed by atoms with E-state index >= 15 is 0 Å². The van der Waals surface area contributed by atoms with Crippen molar-refractivity contribution in [3.8, 4) is 0 Å². The predicted octanol–water partition coefficient (Wildman–Crippen LogP) is -3.77. The Labute approximate surface area is 145 Å². The summed E-state index contributed by atoms with van der Waals surface area (Å²) >= 11 is 0. The molecule has 10 heteroatoms. The lowest BCUT2D eigenvalue weighted by Crippen LogP contribution is -2.51. The highest BCUT2D eigenvalue weighted by atomic mass is 16.6. The third-order valence-corrected chi connectivity index (χ3v) is 4.64. The van der Waals surface area contributed by atoms with Crippen molar-refractivity contribution >= 4 is 0 Å². The van der Waals surface area contributed by atoms with E-state index in [9.17, 15) is 20.4 Å². The number of aliphatic hydroxyl groups excluding tert-OH is 6. The Morgan fingerprint density at radius 2 is 1.60 bits per heavy atom. The van der Waals surface area contributed by atoms with Gasteiger partial charge in [-0.15, -0.1) is 0 Å². The zero-order valence-corrected chi connectivity index (χ0v) is 13.9. The maximum absolute atomic E-state index is 10.3. The van der Waals surface area contributed by atoms with Crippen molar-refractivity contribution in [2.45, 2.75) is 36.1 Å². The Morgan fingerprint density at radius 3 is 2.16 bits per heavy atom. The number of aliphatic hydroxyl groups is 6. The maximum atomic E-state index is 10.3. The molecule has 2 rings (SSSR count). The van der Waals surface area contributed by atoms with Gasteiger partial charge in [0.15, 0.2) is 0 Å². The summed E-state index contributed by atoms with van der Waals surface area (Å²) in [4.78, 5) is 0. The SMILES string of the molecule is OCCOCC1(COCC2COC(CO)C2O)OC(CO)C(O)C1O. The zero-order valence-electron chi connectivity index (χ0n) is 13.9. The first kappa shape index (κ1) is 20.9. The van der Waals surface area contributed by atoms with E-state index < -0.39 is 42.7 Å². The van der Waals surface area contributed by atoms with Crippen molar-refractivity contribution in [1.82, 2.24) is 0 Å². The number of ether oxygens (including phenoxy) is 4. The fourth-order valence-corrected chi connectivity index (χ4v) is 3.13. The second-order valence-electron chi connectivity index (χ2n) is 6.44. The van der Waals surface area contributed by atoms with Gasteiger partial charge in [0.25, 0.3) is 0 Å². The molecule has 2 aliphatic heterocycles. The van der Waals surface area contributed by atoms with Crippen LogP contribution in [0.3, 0.4) is 0 Å². The first-order valence-corrected chi connectivity index (χ1v) is 8.30. The van der Waals surface area contributed by atoms with Crippen molar-refractivity contribution in [3.63, 3.8) is 0 Å². The van der Waals surface area contributed by atoms with Gasteiger partial charge in [0.1, 0.15) is 30.0 Å². The topological polar surface area (TPSA) is 158 Å². The molecule has 0 spiro atoms. The highest BCUT2D eigenvalue weighted by Gasteiger charge is 2.54. The highest BCUT2D eigenvalue weighted by molar-refractivity contribution is 5.02. The molecular weight excluding hydrogens is 340 g/mol. The molecule has 0 saturated carbocycles. The molecular formula is C15H28O10. The van der Waals surface area contributed by atoms with Crippen LogP contribution in [0.15, 0.2) is 0 Å². The molecule has 0 radical (unpaired) electrons. The summed E-state index contributed by atoms with van der Waals surface area (Å²) < 4.78 is 21.6. The van der Waals surface area contributed by atoms with Crippen molar-refractivity contribution < 1.29 is 49.6 Å². The van der Waals surface area contributed by atoms with Gasteiger partial charge in [-0.05, 0) is 0 Å². The molecule has 0 aromatic carbocycles. The molecule has 148 valence electrons. The van der Waals surface area contributed by atoms with Crippen molar-refractivity contribution in [2.75, 3.05) is 52.9 Å². The Bertz CT molecular complexity index is 397. The molecule has 0 aromatic heterocycles. The highest BCUT2D eigenvalue weighted by Crippen LogP contribution is 2.32. The van der Waals surface area contributed by atoms with Gasteiger partial charge in [-0.3, -0.25) is 0 Å². The van der Waals surface area contributed by atoms with E-state index in [1.165, 1.54) is 0 Å². The first-order chi connectivity index (χ1) is 12.0. The number of hydrogen-bond donors (Lipinski definition) is 6. The Morgan fingerprint density at radius 1 is 0.920 bits per heavy atom. The lowest BCUT2D eigenvalue weighted by atomic mass is 9.96. The molecule has 2 saturated heterocycles. The third kappa shape index (κ3) is 4.66. The molecule has 2 fully saturated rings. The van der Waals surface area contributed by atoms with Crippen LogP contribution in [0.2, 0.25) is 0 Å². The Balaban J connectivity index is 1.93. The monoisotopic (exact) mass is 368 g/mol. The van der Waals surface area contributed by atoms with E-state index in [1.54, 1.807) is 0 Å². The summed E-state index contributed by atoms with van der Waals surface area (Å²) in [6.45, 7) is -0.944. The molecule has 10 nitrogen and oxygen atoms in total. The van der Waals surface area contributed by atoms with Crippen LogP contribution in [0.1, 0.15) is 0 Å². The standard InChI is InChI=1S/C15H28O10/c16-1-2-22-7-15(14(21)13(20)11(4-18)25-15)8-23-5-9-6-24-10(3-17)12(9)19/h9-14,16-21H,1-8H2. The summed E-state index contributed by atoms with van der Waals surface area (Å²) in [5, 5.41) is 57.4. The van der Waals surface area contributed by atoms with Crippen LogP contribution in [0.5, 0.6) is 0 Å². The minimum Gasteiger partial charge on any atom is -0.394 e. The summed E-state index contributed by atoms with van der Waals surface area (Å²) in [6.07, 6.45) is -5.14. The summed E-state index contributed by atoms with van der Waals surface area (Å²) in [5.74, 6) is -0.343. The molecule has 7 unspecified atom stereocenters. The molecule has 0 aromatic rings. The van der Waals surface area contributed by atoms with Crippen LogP contribution in [-0.2, 0) is 18.9 Å². The quantitative estimate of drug-likeness (QED) is 0.211. The average Bonchev–Trinajstić information content (AvgIpc) is 3.08. The minimum absolute atomic E-state index is 0.0189. The second-order valence-corrected chi connectivity index (χ2v) is 6.44. The summed E-state index contributed by atoms with van der Waals surface area (Å²) in [6, 6.07) is 0. The molecule has 7 atom stereocenters. The molecule has 0 amide bonds. The van der Waals surface area contributed by atoms with E-state index in [2.05, 4.69) is 0 Å². The zero-order chi connectivity index (χ0) is 18.4. The normalized spacial score (nSPS) is 41.5. The first-order valence-electron chi connectivity index (χ1n) is 8.30. The predicted molar refractivity (Wildman–Crippen MR) is 81.7 cm³/mol. The Hall–Kier alpha value is -0.400. The smallest absolute Gasteiger partial charge is 0.143 e. The van der Waals surface area contributed by atoms with Crippen LogP contribution >= 0.6 is 0 Å². The summed E-state index contributed by atoms with van der Waals surface area (Å²) in [7, 11) is 0. The fraction of sp³-hybridized carbons (Fsp3) is 1.00. The van der Waals surface area contributed by atoms with Crippen molar-refractivity contribution in [3.05, 3.63) is 0 Å². The fourth-order valence-electron chi connectivity index (χ4n) is 3.13. The average molecular weight is 368 g/mol. The van der Waals surface area contributed by atoms with Crippen LogP contribution in [-0.4, -0.2) is 120 Å². The van der Waals surface area contributed by atoms with E-state index in [0.29, 0.717) is 0 Å². The molecule has 25 heavy (non-hydrogen) atoms.